The molecule has 2 aromatic carbocycles. The molecule has 3 nitrogen and oxygen atoms in total. The zero-order valence-corrected chi connectivity index (χ0v) is 16.5. The quantitative estimate of drug-likeness (QED) is 0.583. The highest BCUT2D eigenvalue weighted by molar-refractivity contribution is 5.75. The summed E-state index contributed by atoms with van der Waals surface area (Å²) in [4.78, 5) is 0. The highest BCUT2D eigenvalue weighted by Crippen LogP contribution is 2.43. The zero-order chi connectivity index (χ0) is 19.6. The van der Waals surface area contributed by atoms with Gasteiger partial charge in [-0.05, 0) is 51.3 Å². The molecule has 2 N–H and O–H groups in total. The Kier molecular flexibility index (Phi) is 5.43. The molecule has 142 valence electrons. The van der Waals surface area contributed by atoms with E-state index in [0.717, 1.165) is 22.3 Å². The maximum Gasteiger partial charge on any atom is 0.131 e. The van der Waals surface area contributed by atoms with Crippen molar-refractivity contribution in [3.8, 4) is 11.5 Å². The van der Waals surface area contributed by atoms with E-state index in [1.54, 1.807) is 6.07 Å². The third kappa shape index (κ3) is 4.25. The van der Waals surface area contributed by atoms with Gasteiger partial charge in [0, 0.05) is 17.5 Å². The van der Waals surface area contributed by atoms with Crippen molar-refractivity contribution < 1.29 is 14.9 Å². The largest absolute Gasteiger partial charge is 0.507 e. The van der Waals surface area contributed by atoms with E-state index in [-0.39, 0.29) is 5.75 Å². The number of ether oxygens (including phenoxy) is 1. The summed E-state index contributed by atoms with van der Waals surface area (Å²) in [6.45, 7) is 7.84. The Morgan fingerprint density at radius 2 is 1.89 bits per heavy atom. The highest BCUT2D eigenvalue weighted by Gasteiger charge is 2.38. The van der Waals surface area contributed by atoms with Gasteiger partial charge in [0.15, 0.2) is 0 Å². The fourth-order valence-electron chi connectivity index (χ4n) is 3.26. The second-order valence-corrected chi connectivity index (χ2v) is 7.93. The molecule has 0 amide bonds. The van der Waals surface area contributed by atoms with E-state index >= 15 is 0 Å². The average molecular weight is 364 g/mol. The molecule has 1 heterocycles. The van der Waals surface area contributed by atoms with E-state index in [9.17, 15) is 10.2 Å². The van der Waals surface area contributed by atoms with Gasteiger partial charge in [-0.15, -0.1) is 0 Å². The lowest BCUT2D eigenvalue weighted by Crippen LogP contribution is -2.46. The Hall–Kier alpha value is -2.52. The summed E-state index contributed by atoms with van der Waals surface area (Å²) in [5, 5.41) is 21.2. The second-order valence-electron chi connectivity index (χ2n) is 7.93. The topological polar surface area (TPSA) is 49.7 Å². The maximum absolute atomic E-state index is 10.7. The Balaban J connectivity index is 2.09. The van der Waals surface area contributed by atoms with Crippen molar-refractivity contribution in [1.29, 1.82) is 0 Å². The monoisotopic (exact) mass is 364 g/mol. The number of phenols is 1. The van der Waals surface area contributed by atoms with Gasteiger partial charge in [-0.3, -0.25) is 0 Å². The average Bonchev–Trinajstić information content (AvgIpc) is 2.61. The molecule has 0 radical (unpaired) electrons. The van der Waals surface area contributed by atoms with Gasteiger partial charge >= 0.3 is 0 Å². The predicted octanol–water partition coefficient (Wildman–Crippen LogP) is 5.15. The normalized spacial score (nSPS) is 18.0. The molecule has 1 unspecified atom stereocenters. The SMILES string of the molecule is CC(C)=CCc1c(O)cc(C=Cc2ccccc2)c2c1OC(C)(C)C(O)C2. The van der Waals surface area contributed by atoms with E-state index in [1.807, 2.05) is 70.2 Å². The van der Waals surface area contributed by atoms with Crippen LogP contribution in [0.2, 0.25) is 0 Å². The Morgan fingerprint density at radius 1 is 1.19 bits per heavy atom. The molecule has 1 atom stereocenters. The van der Waals surface area contributed by atoms with Crippen LogP contribution in [0.5, 0.6) is 11.5 Å². The molecule has 0 aliphatic carbocycles. The smallest absolute Gasteiger partial charge is 0.131 e. The number of allylic oxidation sites excluding steroid dienone is 2. The van der Waals surface area contributed by atoms with Crippen LogP contribution >= 0.6 is 0 Å². The summed E-state index contributed by atoms with van der Waals surface area (Å²) in [6, 6.07) is 11.8. The minimum atomic E-state index is -0.694. The van der Waals surface area contributed by atoms with Crippen LogP contribution in [0.15, 0.2) is 48.0 Å². The molecule has 0 aromatic heterocycles. The van der Waals surface area contributed by atoms with Crippen molar-refractivity contribution in [2.75, 3.05) is 0 Å². The number of rotatable bonds is 4. The van der Waals surface area contributed by atoms with Crippen LogP contribution < -0.4 is 4.74 Å². The molecule has 0 spiro atoms. The van der Waals surface area contributed by atoms with E-state index in [0.29, 0.717) is 18.6 Å². The summed E-state index contributed by atoms with van der Waals surface area (Å²) < 4.78 is 6.20. The number of hydrogen-bond acceptors (Lipinski definition) is 3. The van der Waals surface area contributed by atoms with Crippen LogP contribution in [0.4, 0.5) is 0 Å². The van der Waals surface area contributed by atoms with Crippen LogP contribution in [-0.4, -0.2) is 21.9 Å². The molecule has 0 bridgehead atoms. The van der Waals surface area contributed by atoms with Crippen molar-refractivity contribution in [2.24, 2.45) is 0 Å². The van der Waals surface area contributed by atoms with E-state index in [2.05, 4.69) is 6.08 Å². The fraction of sp³-hybridized carbons (Fsp3) is 0.333. The Morgan fingerprint density at radius 3 is 2.56 bits per heavy atom. The summed E-state index contributed by atoms with van der Waals surface area (Å²) in [7, 11) is 0. The Labute approximate surface area is 161 Å². The van der Waals surface area contributed by atoms with Crippen LogP contribution in [0.3, 0.4) is 0 Å². The molecule has 2 aromatic rings. The van der Waals surface area contributed by atoms with Crippen LogP contribution in [0.25, 0.3) is 12.2 Å². The van der Waals surface area contributed by atoms with Gasteiger partial charge in [-0.1, -0.05) is 54.1 Å². The van der Waals surface area contributed by atoms with Crippen LogP contribution in [0, 0.1) is 0 Å². The summed E-state index contributed by atoms with van der Waals surface area (Å²) in [5.41, 5.74) is 4.18. The molecule has 3 heteroatoms. The van der Waals surface area contributed by atoms with Gasteiger partial charge < -0.3 is 14.9 Å². The van der Waals surface area contributed by atoms with Crippen molar-refractivity contribution in [3.63, 3.8) is 0 Å². The first-order valence-corrected chi connectivity index (χ1v) is 9.39. The molecular weight excluding hydrogens is 336 g/mol. The zero-order valence-electron chi connectivity index (χ0n) is 16.5. The first kappa shape index (κ1) is 19.2. The van der Waals surface area contributed by atoms with Crippen LogP contribution in [-0.2, 0) is 12.8 Å². The van der Waals surface area contributed by atoms with E-state index in [1.165, 1.54) is 5.57 Å². The van der Waals surface area contributed by atoms with Crippen molar-refractivity contribution in [1.82, 2.24) is 0 Å². The second kappa shape index (κ2) is 7.61. The molecule has 3 rings (SSSR count). The van der Waals surface area contributed by atoms with Gasteiger partial charge in [0.05, 0.1) is 6.10 Å². The molecule has 1 aliphatic rings. The standard InChI is InChI=1S/C24H28O3/c1-16(2)10-13-19-21(25)14-18(12-11-17-8-6-5-7-9-17)20-15-22(26)24(3,4)27-23(19)20/h5-12,14,22,25-26H,13,15H2,1-4H3. The van der Waals surface area contributed by atoms with Gasteiger partial charge in [-0.25, -0.2) is 0 Å². The number of phenolic OH excluding ortho intramolecular Hbond substituents is 1. The number of hydrogen-bond donors (Lipinski definition) is 2. The molecule has 0 fully saturated rings. The lowest BCUT2D eigenvalue weighted by Gasteiger charge is -2.38. The lowest BCUT2D eigenvalue weighted by molar-refractivity contribution is -0.0418. The third-order valence-electron chi connectivity index (χ3n) is 5.03. The van der Waals surface area contributed by atoms with Crippen molar-refractivity contribution in [2.45, 2.75) is 52.2 Å². The first-order chi connectivity index (χ1) is 12.8. The minimum absolute atomic E-state index is 0.228. The Bertz CT molecular complexity index is 872. The van der Waals surface area contributed by atoms with Crippen molar-refractivity contribution >= 4 is 12.2 Å². The summed E-state index contributed by atoms with van der Waals surface area (Å²) in [6.07, 6.45) is 6.57. The minimum Gasteiger partial charge on any atom is -0.507 e. The molecule has 1 aliphatic heterocycles. The summed E-state index contributed by atoms with van der Waals surface area (Å²) >= 11 is 0. The number of aromatic hydroxyl groups is 1. The first-order valence-electron chi connectivity index (χ1n) is 9.39. The third-order valence-corrected chi connectivity index (χ3v) is 5.03. The molecule has 0 saturated carbocycles. The fourth-order valence-corrected chi connectivity index (χ4v) is 3.26. The number of aliphatic hydroxyl groups excluding tert-OH is 1. The van der Waals surface area contributed by atoms with E-state index < -0.39 is 11.7 Å². The number of fused-ring (bicyclic) bond motifs is 1. The molecular formula is C24H28O3. The highest BCUT2D eigenvalue weighted by atomic mass is 16.5. The van der Waals surface area contributed by atoms with E-state index in [4.69, 9.17) is 4.74 Å². The maximum atomic E-state index is 10.7. The summed E-state index contributed by atoms with van der Waals surface area (Å²) in [5.74, 6) is 0.932. The van der Waals surface area contributed by atoms with Gasteiger partial charge in [0.25, 0.3) is 0 Å². The lowest BCUT2D eigenvalue weighted by atomic mass is 9.86. The van der Waals surface area contributed by atoms with Gasteiger partial charge in [0.2, 0.25) is 0 Å². The van der Waals surface area contributed by atoms with Crippen LogP contribution in [0.1, 0.15) is 49.9 Å². The van der Waals surface area contributed by atoms with Gasteiger partial charge in [-0.2, -0.15) is 0 Å². The molecule has 27 heavy (non-hydrogen) atoms. The number of benzene rings is 2. The number of aliphatic hydroxyl groups is 1. The van der Waals surface area contributed by atoms with Gasteiger partial charge in [0.1, 0.15) is 17.1 Å². The predicted molar refractivity (Wildman–Crippen MR) is 111 cm³/mol. The van der Waals surface area contributed by atoms with Crippen molar-refractivity contribution in [3.05, 3.63) is 70.3 Å². The molecule has 0 saturated heterocycles.